The molecule has 0 amide bonds. The summed E-state index contributed by atoms with van der Waals surface area (Å²) in [6, 6.07) is 9.46. The van der Waals surface area contributed by atoms with Crippen LogP contribution in [0.5, 0.6) is 5.75 Å². The van der Waals surface area contributed by atoms with E-state index in [2.05, 4.69) is 15.3 Å². The van der Waals surface area contributed by atoms with Gasteiger partial charge in [0.2, 0.25) is 0 Å². The van der Waals surface area contributed by atoms with Crippen LogP contribution in [0.1, 0.15) is 37.6 Å². The van der Waals surface area contributed by atoms with E-state index in [9.17, 15) is 13.2 Å². The van der Waals surface area contributed by atoms with Crippen LogP contribution in [-0.4, -0.2) is 23.1 Å². The predicted molar refractivity (Wildman–Crippen MR) is 103 cm³/mol. The van der Waals surface area contributed by atoms with Gasteiger partial charge in [-0.25, -0.2) is 4.99 Å². The zero-order valence-corrected chi connectivity index (χ0v) is 16.2. The molecule has 1 heterocycles. The lowest BCUT2D eigenvalue weighted by molar-refractivity contribution is -0.138. The first-order chi connectivity index (χ1) is 13.0. The van der Waals surface area contributed by atoms with Crippen LogP contribution in [0, 0.1) is 0 Å². The lowest BCUT2D eigenvalue weighted by Gasteiger charge is -2.22. The van der Waals surface area contributed by atoms with E-state index in [-0.39, 0.29) is 23.8 Å². The molecule has 0 aliphatic heterocycles. The van der Waals surface area contributed by atoms with Crippen LogP contribution in [0.4, 0.5) is 13.2 Å². The number of benzene rings is 1. The van der Waals surface area contributed by atoms with Gasteiger partial charge in [0.05, 0.1) is 12.1 Å². The molecule has 0 aliphatic rings. The zero-order valence-electron chi connectivity index (χ0n) is 16.2. The maximum absolute atomic E-state index is 13.4. The first-order valence-electron chi connectivity index (χ1n) is 8.87. The number of alkyl halides is 3. The van der Waals surface area contributed by atoms with E-state index in [0.29, 0.717) is 13.0 Å². The van der Waals surface area contributed by atoms with Crippen LogP contribution in [0.3, 0.4) is 0 Å². The minimum atomic E-state index is -4.51. The van der Waals surface area contributed by atoms with Gasteiger partial charge in [0.25, 0.3) is 0 Å². The highest BCUT2D eigenvalue weighted by atomic mass is 19.4. The Balaban J connectivity index is 2.04. The van der Waals surface area contributed by atoms with Crippen molar-refractivity contribution in [3.63, 3.8) is 0 Å². The molecule has 28 heavy (non-hydrogen) atoms. The molecule has 3 N–H and O–H groups in total. The summed E-state index contributed by atoms with van der Waals surface area (Å²) in [6.07, 6.45) is -2.19. The van der Waals surface area contributed by atoms with Gasteiger partial charge in [0.1, 0.15) is 11.4 Å². The van der Waals surface area contributed by atoms with E-state index >= 15 is 0 Å². The highest BCUT2D eigenvalue weighted by Crippen LogP contribution is 2.35. The highest BCUT2D eigenvalue weighted by Gasteiger charge is 2.34. The molecule has 1 aromatic heterocycles. The van der Waals surface area contributed by atoms with Crippen molar-refractivity contribution in [3.05, 3.63) is 59.4 Å². The Morgan fingerprint density at radius 2 is 1.93 bits per heavy atom. The van der Waals surface area contributed by atoms with Crippen LogP contribution < -0.4 is 15.8 Å². The average molecular weight is 394 g/mol. The van der Waals surface area contributed by atoms with E-state index < -0.39 is 17.3 Å². The van der Waals surface area contributed by atoms with Crippen molar-refractivity contribution in [1.82, 2.24) is 10.3 Å². The number of hydrogen-bond donors (Lipinski definition) is 2. The van der Waals surface area contributed by atoms with Crippen LogP contribution in [0.25, 0.3) is 0 Å². The van der Waals surface area contributed by atoms with Crippen LogP contribution in [0.15, 0.2) is 47.6 Å². The van der Waals surface area contributed by atoms with Crippen molar-refractivity contribution in [1.29, 1.82) is 0 Å². The molecule has 0 saturated heterocycles. The fourth-order valence-corrected chi connectivity index (χ4v) is 2.47. The molecule has 0 unspecified atom stereocenters. The van der Waals surface area contributed by atoms with Gasteiger partial charge in [-0.3, -0.25) is 4.98 Å². The largest absolute Gasteiger partial charge is 0.488 e. The second-order valence-corrected chi connectivity index (χ2v) is 7.23. The molecule has 0 bridgehead atoms. The molecule has 5 nitrogen and oxygen atoms in total. The van der Waals surface area contributed by atoms with E-state index in [1.807, 2.05) is 18.2 Å². The molecule has 0 atom stereocenters. The lowest BCUT2D eigenvalue weighted by Crippen LogP contribution is -2.33. The summed E-state index contributed by atoms with van der Waals surface area (Å²) in [4.78, 5) is 8.21. The fraction of sp³-hybridized carbons (Fsp3) is 0.400. The molecule has 0 fully saturated rings. The topological polar surface area (TPSA) is 72.5 Å². The standard InChI is InChI=1S/C20H25F3N4O/c1-19(2,3)28-16-8-7-14(17(12-16)20(21,22)23)13-27-18(24)26-11-9-15-6-4-5-10-25-15/h4-8,10,12H,9,11,13H2,1-3H3,(H3,24,26,27). The highest BCUT2D eigenvalue weighted by molar-refractivity contribution is 5.77. The Kier molecular flexibility index (Phi) is 6.88. The molecular weight excluding hydrogens is 369 g/mol. The maximum Gasteiger partial charge on any atom is 0.416 e. The quantitative estimate of drug-likeness (QED) is 0.575. The second kappa shape index (κ2) is 8.95. The van der Waals surface area contributed by atoms with Gasteiger partial charge in [0, 0.05) is 24.9 Å². The lowest BCUT2D eigenvalue weighted by atomic mass is 10.1. The third-order valence-corrected chi connectivity index (χ3v) is 3.64. The summed E-state index contributed by atoms with van der Waals surface area (Å²) in [7, 11) is 0. The Morgan fingerprint density at radius 1 is 1.18 bits per heavy atom. The summed E-state index contributed by atoms with van der Waals surface area (Å²) < 4.78 is 45.8. The summed E-state index contributed by atoms with van der Waals surface area (Å²) in [5.41, 5.74) is 5.32. The summed E-state index contributed by atoms with van der Waals surface area (Å²) >= 11 is 0. The molecule has 152 valence electrons. The molecule has 2 aromatic rings. The molecule has 1 aromatic carbocycles. The van der Waals surface area contributed by atoms with E-state index in [1.54, 1.807) is 27.0 Å². The molecule has 2 rings (SSSR count). The van der Waals surface area contributed by atoms with E-state index in [4.69, 9.17) is 10.5 Å². The summed E-state index contributed by atoms with van der Waals surface area (Å²) in [5, 5.41) is 2.88. The first-order valence-corrected chi connectivity index (χ1v) is 8.87. The van der Waals surface area contributed by atoms with Crippen molar-refractivity contribution in [2.45, 2.75) is 45.5 Å². The van der Waals surface area contributed by atoms with Gasteiger partial charge >= 0.3 is 6.18 Å². The van der Waals surface area contributed by atoms with E-state index in [1.165, 1.54) is 12.1 Å². The Bertz CT molecular complexity index is 799. The smallest absolute Gasteiger partial charge is 0.416 e. The van der Waals surface area contributed by atoms with Crippen molar-refractivity contribution >= 4 is 5.96 Å². The Labute approximate surface area is 162 Å². The van der Waals surface area contributed by atoms with Crippen LogP contribution in [0.2, 0.25) is 0 Å². The van der Waals surface area contributed by atoms with E-state index in [0.717, 1.165) is 11.8 Å². The second-order valence-electron chi connectivity index (χ2n) is 7.23. The number of guanidine groups is 1. The Hall–Kier alpha value is -2.77. The molecular formula is C20H25F3N4O. The van der Waals surface area contributed by atoms with Gasteiger partial charge in [-0.05, 0) is 50.6 Å². The summed E-state index contributed by atoms with van der Waals surface area (Å²) in [5.74, 6) is 0.244. The maximum atomic E-state index is 13.4. The monoisotopic (exact) mass is 394 g/mol. The number of aromatic nitrogens is 1. The predicted octanol–water partition coefficient (Wildman–Crippen LogP) is 3.92. The van der Waals surface area contributed by atoms with Gasteiger partial charge < -0.3 is 15.8 Å². The number of halogens is 3. The normalized spacial score (nSPS) is 12.7. The molecule has 0 spiro atoms. The zero-order chi connectivity index (χ0) is 20.8. The molecule has 0 saturated carbocycles. The number of hydrogen-bond acceptors (Lipinski definition) is 3. The number of nitrogens with one attached hydrogen (secondary N) is 1. The average Bonchev–Trinajstić information content (AvgIpc) is 2.59. The fourth-order valence-electron chi connectivity index (χ4n) is 2.47. The van der Waals surface area contributed by atoms with Crippen molar-refractivity contribution in [2.24, 2.45) is 10.7 Å². The molecule has 8 heteroatoms. The Morgan fingerprint density at radius 3 is 2.54 bits per heavy atom. The minimum Gasteiger partial charge on any atom is -0.488 e. The minimum absolute atomic E-state index is 0.0308. The van der Waals surface area contributed by atoms with Crippen molar-refractivity contribution in [2.75, 3.05) is 6.54 Å². The molecule has 0 radical (unpaired) electrons. The number of rotatable bonds is 6. The van der Waals surface area contributed by atoms with Crippen molar-refractivity contribution in [3.8, 4) is 5.75 Å². The number of nitrogens with two attached hydrogens (primary N) is 1. The third-order valence-electron chi connectivity index (χ3n) is 3.64. The number of aliphatic imine (C=N–C) groups is 1. The van der Waals surface area contributed by atoms with Crippen LogP contribution in [-0.2, 0) is 19.1 Å². The number of ether oxygens (including phenoxy) is 1. The number of nitrogens with zero attached hydrogens (tertiary/aromatic N) is 2. The van der Waals surface area contributed by atoms with Gasteiger partial charge in [-0.2, -0.15) is 13.2 Å². The number of pyridine rings is 1. The van der Waals surface area contributed by atoms with Gasteiger partial charge in [-0.1, -0.05) is 12.1 Å². The third kappa shape index (κ3) is 7.09. The first kappa shape index (κ1) is 21.5. The summed E-state index contributed by atoms with van der Waals surface area (Å²) in [6.45, 7) is 5.62. The SMILES string of the molecule is CC(C)(C)Oc1ccc(CN=C(N)NCCc2ccccn2)c(C(F)(F)F)c1. The van der Waals surface area contributed by atoms with Crippen molar-refractivity contribution < 1.29 is 17.9 Å². The van der Waals surface area contributed by atoms with Crippen LogP contribution >= 0.6 is 0 Å². The van der Waals surface area contributed by atoms with Gasteiger partial charge in [0.15, 0.2) is 5.96 Å². The molecule has 0 aliphatic carbocycles. The van der Waals surface area contributed by atoms with Gasteiger partial charge in [-0.15, -0.1) is 0 Å².